The average Bonchev–Trinajstić information content (AvgIpc) is 2.38. The summed E-state index contributed by atoms with van der Waals surface area (Å²) in [6, 6.07) is 0. The molecule has 0 aromatic carbocycles. The number of β-lactam (4-membered cyclic amide) rings is 1. The second kappa shape index (κ2) is 3.87. The third-order valence-electron chi connectivity index (χ3n) is 1.16. The predicted octanol–water partition coefficient (Wildman–Crippen LogP) is -0.449. The van der Waals surface area contributed by atoms with Crippen LogP contribution in [0.3, 0.4) is 0 Å². The summed E-state index contributed by atoms with van der Waals surface area (Å²) in [5.41, 5.74) is 0. The number of aliphatic imine (C=N–C) groups is 1. The molecule has 56 valence electrons. The molecule has 10 heavy (non-hydrogen) atoms. The van der Waals surface area contributed by atoms with Crippen molar-refractivity contribution < 1.29 is 9.53 Å². The van der Waals surface area contributed by atoms with E-state index in [4.69, 9.17) is 0 Å². The molecule has 0 aliphatic carbocycles. The lowest BCUT2D eigenvalue weighted by Gasteiger charge is -2.10. The van der Waals surface area contributed by atoms with E-state index in [1.807, 2.05) is 0 Å². The van der Waals surface area contributed by atoms with Gasteiger partial charge in [-0.2, -0.15) is 0 Å². The summed E-state index contributed by atoms with van der Waals surface area (Å²) in [4.78, 5) is 13.5. The van der Waals surface area contributed by atoms with Gasteiger partial charge in [0.15, 0.2) is 6.40 Å². The van der Waals surface area contributed by atoms with E-state index in [2.05, 4.69) is 15.0 Å². The van der Waals surface area contributed by atoms with Crippen LogP contribution in [0.2, 0.25) is 0 Å². The van der Waals surface area contributed by atoms with Crippen molar-refractivity contribution in [1.29, 1.82) is 0 Å². The van der Waals surface area contributed by atoms with Gasteiger partial charge < -0.3 is 10.1 Å². The Labute approximate surface area is 59.3 Å². The fraction of sp³-hybridized carbons (Fsp3) is 0.667. The molecule has 0 radical (unpaired) electrons. The van der Waals surface area contributed by atoms with Gasteiger partial charge in [0.05, 0.1) is 6.54 Å². The standard InChI is InChI=1S/2C3H5NO/c1-2-5-3-4-1;5-3-1-2-4-3/h3H,1-2H2;1-2H2,(H,4,5). The molecule has 1 N–H and O–H groups in total. The van der Waals surface area contributed by atoms with E-state index in [1.165, 1.54) is 6.40 Å². The lowest BCUT2D eigenvalue weighted by molar-refractivity contribution is -0.125. The Balaban J connectivity index is 0.0000001000. The molecule has 0 aromatic rings. The number of hydrogen-bond donors (Lipinski definition) is 1. The van der Waals surface area contributed by atoms with Crippen molar-refractivity contribution >= 4 is 12.3 Å². The van der Waals surface area contributed by atoms with Crippen LogP contribution in [0.5, 0.6) is 0 Å². The molecule has 1 amide bonds. The molecule has 2 rings (SSSR count). The van der Waals surface area contributed by atoms with Crippen molar-refractivity contribution in [2.45, 2.75) is 6.42 Å². The Bertz CT molecular complexity index is 133. The van der Waals surface area contributed by atoms with Gasteiger partial charge in [-0.05, 0) is 0 Å². The minimum Gasteiger partial charge on any atom is -0.482 e. The molecule has 1 fully saturated rings. The molecule has 1 saturated heterocycles. The molecule has 0 unspecified atom stereocenters. The minimum absolute atomic E-state index is 0.185. The molecular formula is C6H10N2O2. The molecule has 2 aliphatic heterocycles. The molecule has 2 aliphatic rings. The number of ether oxygens (including phenoxy) is 1. The maximum Gasteiger partial charge on any atom is 0.221 e. The van der Waals surface area contributed by atoms with Crippen molar-refractivity contribution in [1.82, 2.24) is 5.32 Å². The summed E-state index contributed by atoms with van der Waals surface area (Å²) in [6.45, 7) is 2.51. The molecule has 4 heteroatoms. The van der Waals surface area contributed by atoms with Crippen LogP contribution >= 0.6 is 0 Å². The Morgan fingerprint density at radius 2 is 2.40 bits per heavy atom. The molecule has 4 nitrogen and oxygen atoms in total. The number of carbonyl (C=O) groups is 1. The molecule has 0 atom stereocenters. The predicted molar refractivity (Wildman–Crippen MR) is 36.9 cm³/mol. The van der Waals surface area contributed by atoms with Gasteiger partial charge in [-0.1, -0.05) is 0 Å². The van der Waals surface area contributed by atoms with Gasteiger partial charge in [-0.25, -0.2) is 0 Å². The van der Waals surface area contributed by atoms with Crippen molar-refractivity contribution in [3.8, 4) is 0 Å². The van der Waals surface area contributed by atoms with Crippen LogP contribution in [0.15, 0.2) is 4.99 Å². The van der Waals surface area contributed by atoms with Crippen LogP contribution in [0.4, 0.5) is 0 Å². The van der Waals surface area contributed by atoms with Crippen LogP contribution < -0.4 is 5.32 Å². The first-order valence-corrected chi connectivity index (χ1v) is 3.26. The van der Waals surface area contributed by atoms with Gasteiger partial charge in [-0.15, -0.1) is 0 Å². The maximum atomic E-state index is 9.79. The van der Waals surface area contributed by atoms with Crippen molar-refractivity contribution in [2.24, 2.45) is 4.99 Å². The number of nitrogens with zero attached hydrogens (tertiary/aromatic N) is 1. The molecule has 2 heterocycles. The molecule has 0 saturated carbocycles. The number of nitrogens with one attached hydrogen (secondary N) is 1. The largest absolute Gasteiger partial charge is 0.482 e. The first kappa shape index (κ1) is 7.05. The van der Waals surface area contributed by atoms with Gasteiger partial charge >= 0.3 is 0 Å². The van der Waals surface area contributed by atoms with Gasteiger partial charge in [0.1, 0.15) is 6.61 Å². The summed E-state index contributed by atoms with van der Waals surface area (Å²) in [7, 11) is 0. The molecule has 0 bridgehead atoms. The zero-order valence-electron chi connectivity index (χ0n) is 5.67. The lowest BCUT2D eigenvalue weighted by atomic mass is 10.3. The average molecular weight is 142 g/mol. The number of carbonyl (C=O) groups excluding carboxylic acids is 1. The zero-order valence-corrected chi connectivity index (χ0v) is 5.67. The summed E-state index contributed by atoms with van der Waals surface area (Å²) >= 11 is 0. The Hall–Kier alpha value is -1.06. The summed E-state index contributed by atoms with van der Waals surface area (Å²) in [5, 5.41) is 2.57. The Morgan fingerprint density at radius 3 is 2.50 bits per heavy atom. The lowest BCUT2D eigenvalue weighted by Crippen LogP contribution is -2.37. The van der Waals surface area contributed by atoms with E-state index >= 15 is 0 Å². The quantitative estimate of drug-likeness (QED) is 0.466. The monoisotopic (exact) mass is 142 g/mol. The van der Waals surface area contributed by atoms with Gasteiger partial charge in [-0.3, -0.25) is 9.79 Å². The molecule has 0 aromatic heterocycles. The highest BCUT2D eigenvalue weighted by molar-refractivity contribution is 5.81. The number of rotatable bonds is 0. The van der Waals surface area contributed by atoms with Crippen LogP contribution in [0.25, 0.3) is 0 Å². The first-order valence-electron chi connectivity index (χ1n) is 3.26. The van der Waals surface area contributed by atoms with Crippen LogP contribution in [-0.4, -0.2) is 32.0 Å². The Kier molecular flexibility index (Phi) is 2.73. The summed E-state index contributed by atoms with van der Waals surface area (Å²) in [5.74, 6) is 0.185. The molecular weight excluding hydrogens is 132 g/mol. The third-order valence-corrected chi connectivity index (χ3v) is 1.16. The first-order chi connectivity index (χ1) is 4.89. The summed E-state index contributed by atoms with van der Waals surface area (Å²) in [6.07, 6.45) is 2.22. The van der Waals surface area contributed by atoms with Crippen molar-refractivity contribution in [2.75, 3.05) is 19.7 Å². The highest BCUT2D eigenvalue weighted by Crippen LogP contribution is 1.85. The topological polar surface area (TPSA) is 50.7 Å². The summed E-state index contributed by atoms with van der Waals surface area (Å²) < 4.78 is 4.65. The highest BCUT2D eigenvalue weighted by Gasteiger charge is 2.07. The van der Waals surface area contributed by atoms with E-state index < -0.39 is 0 Å². The Morgan fingerprint density at radius 1 is 1.70 bits per heavy atom. The number of hydrogen-bond acceptors (Lipinski definition) is 3. The van der Waals surface area contributed by atoms with Crippen molar-refractivity contribution in [3.05, 3.63) is 0 Å². The van der Waals surface area contributed by atoms with Crippen LogP contribution in [-0.2, 0) is 9.53 Å². The van der Waals surface area contributed by atoms with Gasteiger partial charge in [0, 0.05) is 13.0 Å². The fourth-order valence-electron chi connectivity index (χ4n) is 0.491. The van der Waals surface area contributed by atoms with Crippen LogP contribution in [0, 0.1) is 0 Å². The third kappa shape index (κ3) is 2.48. The minimum atomic E-state index is 0.185. The van der Waals surface area contributed by atoms with E-state index in [9.17, 15) is 4.79 Å². The van der Waals surface area contributed by atoms with E-state index in [1.54, 1.807) is 0 Å². The molecule has 0 spiro atoms. The van der Waals surface area contributed by atoms with E-state index in [0.717, 1.165) is 26.1 Å². The number of amides is 1. The second-order valence-corrected chi connectivity index (χ2v) is 1.98. The van der Waals surface area contributed by atoms with E-state index in [0.29, 0.717) is 0 Å². The normalized spacial score (nSPS) is 19.8. The van der Waals surface area contributed by atoms with Crippen LogP contribution in [0.1, 0.15) is 6.42 Å². The van der Waals surface area contributed by atoms with E-state index in [-0.39, 0.29) is 5.91 Å². The zero-order chi connectivity index (χ0) is 7.23. The maximum absolute atomic E-state index is 9.79. The van der Waals surface area contributed by atoms with Gasteiger partial charge in [0.2, 0.25) is 5.91 Å². The second-order valence-electron chi connectivity index (χ2n) is 1.98. The SMILES string of the molecule is C1=NCCO1.O=C1CCN1. The van der Waals surface area contributed by atoms with Crippen molar-refractivity contribution in [3.63, 3.8) is 0 Å². The van der Waals surface area contributed by atoms with Gasteiger partial charge in [0.25, 0.3) is 0 Å². The smallest absolute Gasteiger partial charge is 0.221 e. The highest BCUT2D eigenvalue weighted by atomic mass is 16.5. The fourth-order valence-corrected chi connectivity index (χ4v) is 0.491.